The van der Waals surface area contributed by atoms with Crippen molar-refractivity contribution in [2.24, 2.45) is 4.99 Å². The molecular weight excluding hydrogens is 280 g/mol. The second kappa shape index (κ2) is 5.75. The van der Waals surface area contributed by atoms with E-state index >= 15 is 0 Å². The lowest BCUT2D eigenvalue weighted by Gasteiger charge is -2.23. The monoisotopic (exact) mass is 296 g/mol. The molecule has 0 fully saturated rings. The van der Waals surface area contributed by atoms with Gasteiger partial charge in [0.2, 0.25) is 11.5 Å². The molecule has 0 spiro atoms. The molecule has 114 valence electrons. The Morgan fingerprint density at radius 1 is 1.48 bits per heavy atom. The fourth-order valence-corrected chi connectivity index (χ4v) is 1.65. The Balaban J connectivity index is 2.23. The summed E-state index contributed by atoms with van der Waals surface area (Å²) >= 11 is 0. The van der Waals surface area contributed by atoms with Crippen LogP contribution in [-0.4, -0.2) is 52.9 Å². The number of urea groups is 1. The zero-order valence-corrected chi connectivity index (χ0v) is 11.5. The fraction of sp³-hybridized carbons (Fsp3) is 0.333. The van der Waals surface area contributed by atoms with Gasteiger partial charge in [-0.1, -0.05) is 0 Å². The third-order valence-electron chi connectivity index (χ3n) is 2.64. The average molecular weight is 296 g/mol. The summed E-state index contributed by atoms with van der Waals surface area (Å²) in [5.74, 6) is -1.72. The van der Waals surface area contributed by atoms with Crippen LogP contribution in [0.25, 0.3) is 0 Å². The minimum atomic E-state index is -0.617. The number of carbonyl (C=O) groups excluding carboxylic acids is 1. The molecule has 0 aliphatic carbocycles. The predicted octanol–water partition coefficient (Wildman–Crippen LogP) is 0.142. The second-order valence-electron chi connectivity index (χ2n) is 4.52. The molecule has 2 heterocycles. The summed E-state index contributed by atoms with van der Waals surface area (Å²) in [5, 5.41) is 30.7. The number of carbonyl (C=O) groups is 1. The number of aromatic hydroxyl groups is 2. The van der Waals surface area contributed by atoms with Crippen LogP contribution in [0.3, 0.4) is 0 Å². The molecular formula is C12H16N4O5. The second-order valence-corrected chi connectivity index (χ2v) is 4.52. The normalized spacial score (nSPS) is 18.3. The lowest BCUT2D eigenvalue weighted by atomic mass is 10.3. The van der Waals surface area contributed by atoms with Crippen LogP contribution in [0.2, 0.25) is 0 Å². The van der Waals surface area contributed by atoms with Gasteiger partial charge in [-0.3, -0.25) is 0 Å². The zero-order valence-electron chi connectivity index (χ0n) is 11.5. The van der Waals surface area contributed by atoms with E-state index in [1.807, 2.05) is 0 Å². The van der Waals surface area contributed by atoms with Gasteiger partial charge in [-0.2, -0.15) is 0 Å². The van der Waals surface area contributed by atoms with Gasteiger partial charge in [-0.25, -0.2) is 14.7 Å². The molecule has 0 saturated heterocycles. The number of anilines is 1. The van der Waals surface area contributed by atoms with Crippen molar-refractivity contribution < 1.29 is 24.5 Å². The van der Waals surface area contributed by atoms with Crippen molar-refractivity contribution in [1.82, 2.24) is 10.2 Å². The summed E-state index contributed by atoms with van der Waals surface area (Å²) in [7, 11) is 3.59. The summed E-state index contributed by atoms with van der Waals surface area (Å²) in [4.78, 5) is 18.8. The quantitative estimate of drug-likeness (QED) is 0.463. The Kier molecular flexibility index (Phi) is 4.03. The zero-order chi connectivity index (χ0) is 15.6. The highest BCUT2D eigenvalue weighted by Gasteiger charge is 2.29. The molecule has 21 heavy (non-hydrogen) atoms. The standard InChI is InChI=1S/C12H16N4O5/c1-15(2)6-13-8-3-4-16(12(20)14-8)11-10(19)9(18)7(5-17)21-11/h3-4,6,8,17-19H,5H2,1-2H3,(H,14,20)/b13-6-. The third-order valence-corrected chi connectivity index (χ3v) is 2.64. The van der Waals surface area contributed by atoms with Crippen LogP contribution >= 0.6 is 0 Å². The minimum absolute atomic E-state index is 0.226. The van der Waals surface area contributed by atoms with Crippen LogP contribution in [0, 0.1) is 0 Å². The molecule has 4 N–H and O–H groups in total. The lowest BCUT2D eigenvalue weighted by Crippen LogP contribution is -2.45. The first kappa shape index (κ1) is 14.7. The molecule has 2 amide bonds. The number of aliphatic hydroxyl groups is 1. The SMILES string of the molecule is CN(C)/C=N\C1C=CN(c2oc(CO)c(O)c2O)C(=O)N1. The van der Waals surface area contributed by atoms with Crippen LogP contribution in [0.5, 0.6) is 11.5 Å². The Hall–Kier alpha value is -2.68. The highest BCUT2D eigenvalue weighted by molar-refractivity contribution is 5.95. The van der Waals surface area contributed by atoms with E-state index in [2.05, 4.69) is 10.3 Å². The van der Waals surface area contributed by atoms with Gasteiger partial charge in [0.25, 0.3) is 5.88 Å². The van der Waals surface area contributed by atoms with Gasteiger partial charge in [0.15, 0.2) is 5.76 Å². The fourth-order valence-electron chi connectivity index (χ4n) is 1.65. The average Bonchev–Trinajstić information content (AvgIpc) is 2.73. The van der Waals surface area contributed by atoms with Crippen molar-refractivity contribution in [2.75, 3.05) is 19.0 Å². The number of aliphatic imine (C=N–C) groups is 1. The first-order valence-electron chi connectivity index (χ1n) is 6.06. The molecule has 1 aromatic rings. The highest BCUT2D eigenvalue weighted by atomic mass is 16.4. The van der Waals surface area contributed by atoms with Crippen molar-refractivity contribution in [3.05, 3.63) is 18.0 Å². The smallest absolute Gasteiger partial charge is 0.330 e. The number of hydrogen-bond donors (Lipinski definition) is 4. The number of aliphatic hydroxyl groups excluding tert-OH is 1. The number of rotatable bonds is 4. The number of nitrogens with zero attached hydrogens (tertiary/aromatic N) is 3. The predicted molar refractivity (Wildman–Crippen MR) is 74.1 cm³/mol. The maximum Gasteiger partial charge on any atom is 0.330 e. The minimum Gasteiger partial charge on any atom is -0.502 e. The molecule has 1 unspecified atom stereocenters. The van der Waals surface area contributed by atoms with Gasteiger partial charge in [-0.15, -0.1) is 0 Å². The van der Waals surface area contributed by atoms with Gasteiger partial charge in [-0.05, 0) is 6.08 Å². The molecule has 9 heteroatoms. The van der Waals surface area contributed by atoms with Crippen LogP contribution in [0.1, 0.15) is 5.76 Å². The van der Waals surface area contributed by atoms with Gasteiger partial charge >= 0.3 is 6.03 Å². The van der Waals surface area contributed by atoms with E-state index in [-0.39, 0.29) is 11.6 Å². The van der Waals surface area contributed by atoms with E-state index in [0.29, 0.717) is 0 Å². The van der Waals surface area contributed by atoms with E-state index in [1.54, 1.807) is 31.4 Å². The first-order valence-corrected chi connectivity index (χ1v) is 6.06. The Labute approximate surface area is 120 Å². The molecule has 2 rings (SSSR count). The summed E-state index contributed by atoms with van der Waals surface area (Å²) in [6, 6.07) is -0.591. The van der Waals surface area contributed by atoms with Crippen LogP contribution in [0.15, 0.2) is 21.7 Å². The van der Waals surface area contributed by atoms with Crippen molar-refractivity contribution in [3.63, 3.8) is 0 Å². The molecule has 1 atom stereocenters. The Morgan fingerprint density at radius 3 is 2.71 bits per heavy atom. The Bertz CT molecular complexity index is 593. The number of amides is 2. The van der Waals surface area contributed by atoms with Gasteiger partial charge < -0.3 is 30.0 Å². The topological polar surface area (TPSA) is 122 Å². The maximum absolute atomic E-state index is 12.0. The molecule has 0 aromatic carbocycles. The molecule has 9 nitrogen and oxygen atoms in total. The van der Waals surface area contributed by atoms with Crippen molar-refractivity contribution >= 4 is 18.3 Å². The number of nitrogens with one attached hydrogen (secondary N) is 1. The largest absolute Gasteiger partial charge is 0.502 e. The van der Waals surface area contributed by atoms with E-state index in [0.717, 1.165) is 4.90 Å². The summed E-state index contributed by atoms with van der Waals surface area (Å²) in [6.45, 7) is -0.603. The summed E-state index contributed by atoms with van der Waals surface area (Å²) in [5.41, 5.74) is 0. The van der Waals surface area contributed by atoms with E-state index in [9.17, 15) is 15.0 Å². The summed E-state index contributed by atoms with van der Waals surface area (Å²) in [6.07, 6.45) is 3.93. The van der Waals surface area contributed by atoms with Gasteiger partial charge in [0.05, 0.1) is 6.34 Å². The summed E-state index contributed by atoms with van der Waals surface area (Å²) < 4.78 is 5.05. The highest BCUT2D eigenvalue weighted by Crippen LogP contribution is 2.42. The van der Waals surface area contributed by atoms with Crippen LogP contribution in [-0.2, 0) is 6.61 Å². The van der Waals surface area contributed by atoms with Crippen LogP contribution in [0.4, 0.5) is 10.7 Å². The van der Waals surface area contributed by atoms with Crippen molar-refractivity contribution in [1.29, 1.82) is 0 Å². The molecule has 0 radical (unpaired) electrons. The lowest BCUT2D eigenvalue weighted by molar-refractivity contribution is 0.236. The third kappa shape index (κ3) is 2.92. The van der Waals surface area contributed by atoms with Gasteiger partial charge in [0.1, 0.15) is 12.8 Å². The molecule has 1 aliphatic rings. The van der Waals surface area contributed by atoms with E-state index < -0.39 is 30.3 Å². The van der Waals surface area contributed by atoms with Crippen LogP contribution < -0.4 is 10.2 Å². The molecule has 0 bridgehead atoms. The maximum atomic E-state index is 12.0. The van der Waals surface area contributed by atoms with E-state index in [1.165, 1.54) is 6.20 Å². The Morgan fingerprint density at radius 2 is 2.19 bits per heavy atom. The number of furan rings is 1. The van der Waals surface area contributed by atoms with Crippen molar-refractivity contribution in [2.45, 2.75) is 12.8 Å². The van der Waals surface area contributed by atoms with Crippen molar-refractivity contribution in [3.8, 4) is 11.5 Å². The van der Waals surface area contributed by atoms with Gasteiger partial charge in [0, 0.05) is 20.3 Å². The number of hydrogen-bond acceptors (Lipinski definition) is 6. The molecule has 0 saturated carbocycles. The van der Waals surface area contributed by atoms with E-state index in [4.69, 9.17) is 9.52 Å². The first-order chi connectivity index (χ1) is 9.93. The molecule has 1 aliphatic heterocycles. The molecule has 1 aromatic heterocycles.